The van der Waals surface area contributed by atoms with Crippen molar-refractivity contribution in [2.75, 3.05) is 5.32 Å². The number of benzene rings is 2. The molecule has 0 radical (unpaired) electrons. The van der Waals surface area contributed by atoms with Crippen molar-refractivity contribution in [1.82, 2.24) is 0 Å². The molecule has 1 aliphatic rings. The maximum atomic E-state index is 12.2. The molecule has 1 amide bonds. The smallest absolute Gasteiger partial charge is 0.275 e. The highest BCUT2D eigenvalue weighted by Gasteiger charge is 2.27. The molecule has 0 unspecified atom stereocenters. The van der Waals surface area contributed by atoms with Crippen LogP contribution in [0.15, 0.2) is 44.3 Å². The summed E-state index contributed by atoms with van der Waals surface area (Å²) in [5.41, 5.74) is 5.01. The Morgan fingerprint density at radius 3 is 2.52 bits per heavy atom. The third-order valence-electron chi connectivity index (χ3n) is 3.39. The first kappa shape index (κ1) is 14.5. The molecule has 1 heterocycles. The molecule has 0 spiro atoms. The molecular formula is C16H12Br2N2O. The first-order chi connectivity index (χ1) is 9.95. The average molecular weight is 408 g/mol. The van der Waals surface area contributed by atoms with Crippen LogP contribution in [0.25, 0.3) is 0 Å². The van der Waals surface area contributed by atoms with Gasteiger partial charge in [-0.2, -0.15) is 0 Å². The van der Waals surface area contributed by atoms with Crippen LogP contribution in [0.5, 0.6) is 0 Å². The lowest BCUT2D eigenvalue weighted by Crippen LogP contribution is -2.14. The van der Waals surface area contributed by atoms with Gasteiger partial charge in [-0.25, -0.2) is 4.99 Å². The predicted octanol–water partition coefficient (Wildman–Crippen LogP) is 4.90. The van der Waals surface area contributed by atoms with Crippen LogP contribution in [0.2, 0.25) is 0 Å². The number of hydrogen-bond acceptors (Lipinski definition) is 2. The molecule has 0 aromatic heterocycles. The molecule has 1 N–H and O–H groups in total. The summed E-state index contributed by atoms with van der Waals surface area (Å²) >= 11 is 6.93. The Hall–Kier alpha value is -1.46. The molecule has 0 aliphatic carbocycles. The highest BCUT2D eigenvalue weighted by atomic mass is 79.9. The molecule has 0 fully saturated rings. The number of fused-ring (bicyclic) bond motifs is 1. The van der Waals surface area contributed by atoms with E-state index in [0.29, 0.717) is 5.71 Å². The Kier molecular flexibility index (Phi) is 3.71. The van der Waals surface area contributed by atoms with Crippen molar-refractivity contribution in [3.8, 4) is 0 Å². The van der Waals surface area contributed by atoms with E-state index in [9.17, 15) is 4.79 Å². The molecule has 0 bridgehead atoms. The van der Waals surface area contributed by atoms with Crippen molar-refractivity contribution >= 4 is 54.9 Å². The van der Waals surface area contributed by atoms with E-state index in [-0.39, 0.29) is 5.91 Å². The number of aliphatic imine (C=N–C) groups is 1. The number of nitrogens with zero attached hydrogens (tertiary/aromatic N) is 1. The summed E-state index contributed by atoms with van der Waals surface area (Å²) in [4.78, 5) is 16.7. The van der Waals surface area contributed by atoms with Crippen LogP contribution < -0.4 is 5.32 Å². The van der Waals surface area contributed by atoms with Crippen LogP contribution in [-0.2, 0) is 4.79 Å². The highest BCUT2D eigenvalue weighted by Crippen LogP contribution is 2.32. The van der Waals surface area contributed by atoms with E-state index in [2.05, 4.69) is 42.2 Å². The molecule has 1 aliphatic heterocycles. The fourth-order valence-corrected chi connectivity index (χ4v) is 3.15. The van der Waals surface area contributed by atoms with Crippen LogP contribution >= 0.6 is 31.9 Å². The molecule has 2 aromatic carbocycles. The highest BCUT2D eigenvalue weighted by molar-refractivity contribution is 9.10. The lowest BCUT2D eigenvalue weighted by Gasteiger charge is -2.04. The fourth-order valence-electron chi connectivity index (χ4n) is 2.33. The number of amides is 1. The van der Waals surface area contributed by atoms with Crippen LogP contribution in [0.1, 0.15) is 16.7 Å². The summed E-state index contributed by atoms with van der Waals surface area (Å²) in [5, 5.41) is 2.89. The van der Waals surface area contributed by atoms with Gasteiger partial charge in [0.05, 0.1) is 11.4 Å². The van der Waals surface area contributed by atoms with Crippen molar-refractivity contribution in [1.29, 1.82) is 0 Å². The van der Waals surface area contributed by atoms with E-state index < -0.39 is 0 Å². The van der Waals surface area contributed by atoms with Crippen LogP contribution in [-0.4, -0.2) is 11.6 Å². The van der Waals surface area contributed by atoms with Crippen molar-refractivity contribution in [3.63, 3.8) is 0 Å². The SMILES string of the molecule is Cc1cc(N=C2C(=O)Nc3c(C)cc(Br)cc32)ccc1Br. The van der Waals surface area contributed by atoms with Crippen molar-refractivity contribution in [3.05, 3.63) is 56.0 Å². The summed E-state index contributed by atoms with van der Waals surface area (Å²) in [5.74, 6) is -0.160. The minimum Gasteiger partial charge on any atom is -0.320 e. The van der Waals surface area contributed by atoms with E-state index in [4.69, 9.17) is 0 Å². The number of rotatable bonds is 1. The van der Waals surface area contributed by atoms with Gasteiger partial charge >= 0.3 is 0 Å². The topological polar surface area (TPSA) is 41.5 Å². The summed E-state index contributed by atoms with van der Waals surface area (Å²) in [7, 11) is 0. The number of carbonyl (C=O) groups excluding carboxylic acids is 1. The Morgan fingerprint density at radius 1 is 1.05 bits per heavy atom. The van der Waals surface area contributed by atoms with E-state index in [1.807, 2.05) is 44.2 Å². The van der Waals surface area contributed by atoms with Gasteiger partial charge in [0.1, 0.15) is 5.71 Å². The normalized spacial score (nSPS) is 15.2. The Morgan fingerprint density at radius 2 is 1.81 bits per heavy atom. The minimum atomic E-state index is -0.160. The van der Waals surface area contributed by atoms with Gasteiger partial charge in [-0.3, -0.25) is 4.79 Å². The monoisotopic (exact) mass is 406 g/mol. The second kappa shape index (κ2) is 5.39. The molecule has 0 atom stereocenters. The zero-order valence-electron chi connectivity index (χ0n) is 11.5. The average Bonchev–Trinajstić information content (AvgIpc) is 2.72. The third kappa shape index (κ3) is 2.68. The third-order valence-corrected chi connectivity index (χ3v) is 4.74. The summed E-state index contributed by atoms with van der Waals surface area (Å²) in [6, 6.07) is 9.68. The van der Waals surface area contributed by atoms with Gasteiger partial charge < -0.3 is 5.32 Å². The molecular weight excluding hydrogens is 396 g/mol. The van der Waals surface area contributed by atoms with Gasteiger partial charge in [0.2, 0.25) is 0 Å². The standard InChI is InChI=1S/C16H12Br2N2O/c1-8-6-11(3-4-13(8)18)19-15-12-7-10(17)5-9(2)14(12)20-16(15)21/h3-7H,1-2H3,(H,19,20,21). The second-order valence-corrected chi connectivity index (χ2v) is 6.76. The zero-order chi connectivity index (χ0) is 15.1. The maximum Gasteiger partial charge on any atom is 0.275 e. The molecule has 0 saturated heterocycles. The number of anilines is 1. The Labute approximate surface area is 139 Å². The van der Waals surface area contributed by atoms with Gasteiger partial charge in [-0.15, -0.1) is 0 Å². The lowest BCUT2D eigenvalue weighted by molar-refractivity contribution is -0.110. The molecule has 3 nitrogen and oxygen atoms in total. The van der Waals surface area contributed by atoms with Gasteiger partial charge in [0, 0.05) is 14.5 Å². The number of carbonyl (C=O) groups is 1. The first-order valence-corrected chi connectivity index (χ1v) is 8.01. The molecule has 106 valence electrons. The minimum absolute atomic E-state index is 0.160. The van der Waals surface area contributed by atoms with E-state index in [1.165, 1.54) is 0 Å². The summed E-state index contributed by atoms with van der Waals surface area (Å²) < 4.78 is 1.97. The molecule has 0 saturated carbocycles. The lowest BCUT2D eigenvalue weighted by atomic mass is 10.1. The van der Waals surface area contributed by atoms with E-state index >= 15 is 0 Å². The fraction of sp³-hybridized carbons (Fsp3) is 0.125. The quantitative estimate of drug-likeness (QED) is 0.717. The Balaban J connectivity index is 2.14. The zero-order valence-corrected chi connectivity index (χ0v) is 14.7. The number of halogens is 2. The largest absolute Gasteiger partial charge is 0.320 e. The molecule has 3 rings (SSSR count). The van der Waals surface area contributed by atoms with Gasteiger partial charge in [0.15, 0.2) is 0 Å². The molecule has 5 heteroatoms. The van der Waals surface area contributed by atoms with Crippen LogP contribution in [0.4, 0.5) is 11.4 Å². The molecule has 2 aromatic rings. The van der Waals surface area contributed by atoms with Gasteiger partial charge in [-0.05, 0) is 55.3 Å². The molecule has 21 heavy (non-hydrogen) atoms. The van der Waals surface area contributed by atoms with Crippen LogP contribution in [0, 0.1) is 13.8 Å². The van der Waals surface area contributed by atoms with Crippen molar-refractivity contribution in [2.24, 2.45) is 4.99 Å². The van der Waals surface area contributed by atoms with Crippen molar-refractivity contribution < 1.29 is 4.79 Å². The van der Waals surface area contributed by atoms with Gasteiger partial charge in [0.25, 0.3) is 5.91 Å². The first-order valence-electron chi connectivity index (χ1n) is 6.42. The predicted molar refractivity (Wildman–Crippen MR) is 92.6 cm³/mol. The summed E-state index contributed by atoms with van der Waals surface area (Å²) in [6.45, 7) is 3.97. The van der Waals surface area contributed by atoms with E-state index in [1.54, 1.807) is 0 Å². The second-order valence-electron chi connectivity index (χ2n) is 4.99. The van der Waals surface area contributed by atoms with Gasteiger partial charge in [-0.1, -0.05) is 31.9 Å². The maximum absolute atomic E-state index is 12.2. The number of hydrogen-bond donors (Lipinski definition) is 1. The number of nitrogens with one attached hydrogen (secondary N) is 1. The summed E-state index contributed by atoms with van der Waals surface area (Å²) in [6.07, 6.45) is 0. The van der Waals surface area contributed by atoms with E-state index in [0.717, 1.165) is 37.0 Å². The Bertz CT molecular complexity index is 797. The van der Waals surface area contributed by atoms with Crippen molar-refractivity contribution in [2.45, 2.75) is 13.8 Å². The number of aryl methyl sites for hydroxylation is 2. The van der Waals surface area contributed by atoms with Crippen LogP contribution in [0.3, 0.4) is 0 Å².